The van der Waals surface area contributed by atoms with Crippen LogP contribution in [0.15, 0.2) is 66.9 Å². The smallest absolute Gasteiger partial charge is 0.266 e. The zero-order chi connectivity index (χ0) is 21.1. The maximum atomic E-state index is 14.1. The fourth-order valence-electron chi connectivity index (χ4n) is 3.17. The summed E-state index contributed by atoms with van der Waals surface area (Å²) in [5.74, 6) is -0.942. The van der Waals surface area contributed by atoms with Gasteiger partial charge in [-0.05, 0) is 55.0 Å². The van der Waals surface area contributed by atoms with Gasteiger partial charge in [0.15, 0.2) is 0 Å². The highest BCUT2D eigenvalue weighted by Crippen LogP contribution is 2.33. The number of amides is 2. The number of nitrogens with one attached hydrogen (secondary N) is 2. The van der Waals surface area contributed by atoms with Crippen molar-refractivity contribution in [2.45, 2.75) is 13.5 Å². The van der Waals surface area contributed by atoms with Crippen LogP contribution in [0.1, 0.15) is 31.3 Å². The number of aromatic nitrogens is 1. The predicted molar refractivity (Wildman–Crippen MR) is 116 cm³/mol. The van der Waals surface area contributed by atoms with Crippen LogP contribution in [0.2, 0.25) is 0 Å². The highest BCUT2D eigenvalue weighted by Gasteiger charge is 2.18. The first-order valence-electron chi connectivity index (χ1n) is 9.30. The first-order chi connectivity index (χ1) is 14.5. The number of benzene rings is 2. The molecule has 0 unspecified atom stereocenters. The Morgan fingerprint density at radius 1 is 1.03 bits per heavy atom. The zero-order valence-electron chi connectivity index (χ0n) is 16.1. The topological polar surface area (TPSA) is 71.1 Å². The molecule has 4 aromatic rings. The lowest BCUT2D eigenvalue weighted by Crippen LogP contribution is -2.23. The number of rotatable bonds is 5. The zero-order valence-corrected chi connectivity index (χ0v) is 16.9. The third-order valence-corrected chi connectivity index (χ3v) is 5.90. The Balaban J connectivity index is 1.49. The van der Waals surface area contributed by atoms with E-state index in [1.54, 1.807) is 49.5 Å². The molecule has 0 saturated heterocycles. The molecule has 2 N–H and O–H groups in total. The molecule has 2 aromatic heterocycles. The monoisotopic (exact) mass is 419 g/mol. The normalized spacial score (nSPS) is 10.7. The molecule has 2 aromatic carbocycles. The van der Waals surface area contributed by atoms with Gasteiger partial charge in [-0.3, -0.25) is 14.6 Å². The van der Waals surface area contributed by atoms with Crippen LogP contribution in [0.3, 0.4) is 0 Å². The van der Waals surface area contributed by atoms with Crippen LogP contribution in [0.25, 0.3) is 10.1 Å². The standard InChI is InChI=1S/C23H18FN3O2S/c1-14-20-18(24)9-5-10-19(20)30-21(14)23(29)27-16-8-4-6-15(12-16)22(28)26-13-17-7-2-3-11-25-17/h2-12H,13H2,1H3,(H,26,28)(H,27,29). The van der Waals surface area contributed by atoms with E-state index in [4.69, 9.17) is 0 Å². The number of hydrogen-bond donors (Lipinski definition) is 2. The minimum Gasteiger partial charge on any atom is -0.346 e. The molecule has 0 fully saturated rings. The number of hydrogen-bond acceptors (Lipinski definition) is 4. The molecule has 0 aliphatic carbocycles. The van der Waals surface area contributed by atoms with E-state index in [2.05, 4.69) is 15.6 Å². The van der Waals surface area contributed by atoms with Gasteiger partial charge in [0.05, 0.1) is 17.1 Å². The summed E-state index contributed by atoms with van der Waals surface area (Å²) in [6.45, 7) is 2.04. The second-order valence-electron chi connectivity index (χ2n) is 6.71. The summed E-state index contributed by atoms with van der Waals surface area (Å²) in [4.78, 5) is 29.8. The number of anilines is 1. The Labute approximate surface area is 176 Å². The van der Waals surface area contributed by atoms with Crippen LogP contribution >= 0.6 is 11.3 Å². The van der Waals surface area contributed by atoms with Crippen LogP contribution in [-0.2, 0) is 6.54 Å². The molecule has 2 heterocycles. The van der Waals surface area contributed by atoms with Gasteiger partial charge in [-0.2, -0.15) is 0 Å². The highest BCUT2D eigenvalue weighted by atomic mass is 32.1. The third-order valence-electron chi connectivity index (χ3n) is 4.65. The van der Waals surface area contributed by atoms with Gasteiger partial charge in [0.2, 0.25) is 0 Å². The van der Waals surface area contributed by atoms with Crippen LogP contribution in [0.5, 0.6) is 0 Å². The number of nitrogens with zero attached hydrogens (tertiary/aromatic N) is 1. The van der Waals surface area contributed by atoms with Crippen LogP contribution in [0, 0.1) is 12.7 Å². The minimum atomic E-state index is -0.341. The van der Waals surface area contributed by atoms with Crippen molar-refractivity contribution in [3.05, 3.63) is 94.4 Å². The summed E-state index contributed by atoms with van der Waals surface area (Å²) in [6, 6.07) is 17.0. The molecule has 150 valence electrons. The second kappa shape index (κ2) is 8.42. The lowest BCUT2D eigenvalue weighted by atomic mass is 10.1. The van der Waals surface area contributed by atoms with E-state index in [1.807, 2.05) is 18.2 Å². The first-order valence-corrected chi connectivity index (χ1v) is 10.1. The quantitative estimate of drug-likeness (QED) is 0.482. The lowest BCUT2D eigenvalue weighted by molar-refractivity contribution is 0.0949. The Morgan fingerprint density at radius 3 is 2.63 bits per heavy atom. The molecule has 0 aliphatic heterocycles. The van der Waals surface area contributed by atoms with Gasteiger partial charge in [-0.25, -0.2) is 4.39 Å². The summed E-state index contributed by atoms with van der Waals surface area (Å²) in [5.41, 5.74) is 2.27. The number of carbonyl (C=O) groups excluding carboxylic acids is 2. The van der Waals surface area contributed by atoms with Crippen molar-refractivity contribution in [3.63, 3.8) is 0 Å². The van der Waals surface area contributed by atoms with Gasteiger partial charge >= 0.3 is 0 Å². The molecule has 5 nitrogen and oxygen atoms in total. The maximum absolute atomic E-state index is 14.1. The van der Waals surface area contributed by atoms with E-state index < -0.39 is 0 Å². The SMILES string of the molecule is Cc1c(C(=O)Nc2cccc(C(=O)NCc3ccccn3)c2)sc2cccc(F)c12. The Hall–Kier alpha value is -3.58. The van der Waals surface area contributed by atoms with Crippen LogP contribution in [0.4, 0.5) is 10.1 Å². The van der Waals surface area contributed by atoms with Crippen molar-refractivity contribution in [2.75, 3.05) is 5.32 Å². The van der Waals surface area contributed by atoms with Crippen molar-refractivity contribution in [2.24, 2.45) is 0 Å². The average molecular weight is 419 g/mol. The van der Waals surface area contributed by atoms with Gasteiger partial charge in [0.25, 0.3) is 11.8 Å². The molecule has 0 bridgehead atoms. The summed E-state index contributed by atoms with van der Waals surface area (Å²) in [6.07, 6.45) is 1.67. The summed E-state index contributed by atoms with van der Waals surface area (Å²) < 4.78 is 14.8. The number of carbonyl (C=O) groups is 2. The molecule has 30 heavy (non-hydrogen) atoms. The molecule has 7 heteroatoms. The Bertz CT molecular complexity index is 1240. The molecule has 2 amide bonds. The molecular formula is C23H18FN3O2S. The van der Waals surface area contributed by atoms with Crippen molar-refractivity contribution in [3.8, 4) is 0 Å². The van der Waals surface area contributed by atoms with E-state index in [1.165, 1.54) is 17.4 Å². The molecule has 4 rings (SSSR count). The van der Waals surface area contributed by atoms with Gasteiger partial charge in [0, 0.05) is 27.5 Å². The number of aryl methyl sites for hydroxylation is 1. The second-order valence-corrected chi connectivity index (χ2v) is 7.76. The number of pyridine rings is 1. The minimum absolute atomic E-state index is 0.267. The van der Waals surface area contributed by atoms with Crippen molar-refractivity contribution in [1.29, 1.82) is 0 Å². The fourth-order valence-corrected chi connectivity index (χ4v) is 4.29. The molecule has 0 radical (unpaired) electrons. The third kappa shape index (κ3) is 4.06. The number of halogens is 1. The van der Waals surface area contributed by atoms with E-state index in [0.29, 0.717) is 33.6 Å². The fraction of sp³-hybridized carbons (Fsp3) is 0.0870. The summed E-state index contributed by atoms with van der Waals surface area (Å²) in [7, 11) is 0. The van der Waals surface area contributed by atoms with Crippen molar-refractivity contribution < 1.29 is 14.0 Å². The number of fused-ring (bicyclic) bond motifs is 1. The Kier molecular flexibility index (Phi) is 5.54. The van der Waals surface area contributed by atoms with Crippen molar-refractivity contribution in [1.82, 2.24) is 10.3 Å². The molecule has 0 spiro atoms. The van der Waals surface area contributed by atoms with E-state index in [-0.39, 0.29) is 17.6 Å². The lowest BCUT2D eigenvalue weighted by Gasteiger charge is -2.08. The maximum Gasteiger partial charge on any atom is 0.266 e. The largest absolute Gasteiger partial charge is 0.346 e. The van der Waals surface area contributed by atoms with Gasteiger partial charge in [-0.1, -0.05) is 18.2 Å². The van der Waals surface area contributed by atoms with Crippen LogP contribution < -0.4 is 10.6 Å². The molecular weight excluding hydrogens is 401 g/mol. The predicted octanol–water partition coefficient (Wildman–Crippen LogP) is 4.93. The molecule has 0 aliphatic rings. The first kappa shape index (κ1) is 19.7. The molecule has 0 atom stereocenters. The van der Waals surface area contributed by atoms with Crippen molar-refractivity contribution >= 4 is 38.9 Å². The summed E-state index contributed by atoms with van der Waals surface area (Å²) in [5, 5.41) is 6.08. The van der Waals surface area contributed by atoms with E-state index >= 15 is 0 Å². The van der Waals surface area contributed by atoms with Gasteiger partial charge in [0.1, 0.15) is 5.82 Å². The summed E-state index contributed by atoms with van der Waals surface area (Å²) >= 11 is 1.24. The highest BCUT2D eigenvalue weighted by molar-refractivity contribution is 7.21. The van der Waals surface area contributed by atoms with Gasteiger partial charge in [-0.15, -0.1) is 11.3 Å². The van der Waals surface area contributed by atoms with Gasteiger partial charge < -0.3 is 10.6 Å². The Morgan fingerprint density at radius 2 is 1.87 bits per heavy atom. The average Bonchev–Trinajstić information content (AvgIpc) is 3.11. The van der Waals surface area contributed by atoms with Crippen LogP contribution in [-0.4, -0.2) is 16.8 Å². The van der Waals surface area contributed by atoms with E-state index in [0.717, 1.165) is 10.4 Å². The van der Waals surface area contributed by atoms with E-state index in [9.17, 15) is 14.0 Å². The molecule has 0 saturated carbocycles. The number of thiophene rings is 1.